The number of ether oxygens (including phenoxy) is 6. The number of hydrogen-bond acceptors (Lipinski definition) is 15. The van der Waals surface area contributed by atoms with Crippen LogP contribution in [-0.2, 0) is 39.7 Å². The van der Waals surface area contributed by atoms with Crippen LogP contribution < -0.4 is 10.5 Å². The number of rotatable bonds is 11. The topological polar surface area (TPSA) is 231 Å². The molecule has 3 aliphatic rings. The summed E-state index contributed by atoms with van der Waals surface area (Å²) < 4.78 is 32.7. The number of phenolic OH excluding ortho intramolecular Hbond substituents is 2. The molecule has 260 valence electrons. The van der Waals surface area contributed by atoms with Gasteiger partial charge in [-0.1, -0.05) is 12.1 Å². The van der Waals surface area contributed by atoms with Crippen molar-refractivity contribution >= 4 is 23.3 Å². The highest BCUT2D eigenvalue weighted by Gasteiger charge is 2.50. The van der Waals surface area contributed by atoms with E-state index in [4.69, 9.17) is 34.2 Å². The lowest BCUT2D eigenvalue weighted by atomic mass is 9.72. The number of aliphatic hydroxyl groups is 2. The van der Waals surface area contributed by atoms with Gasteiger partial charge in [-0.3, -0.25) is 14.4 Å². The highest BCUT2D eigenvalue weighted by Crippen LogP contribution is 2.52. The zero-order chi connectivity index (χ0) is 35.1. The first-order valence-electron chi connectivity index (χ1n) is 15.5. The maximum Gasteiger partial charge on any atom is 0.363 e. The first kappa shape index (κ1) is 35.3. The number of fused-ring (bicyclic) bond motifs is 3. The largest absolute Gasteiger partial charge is 0.507 e. The molecule has 48 heavy (non-hydrogen) atoms. The van der Waals surface area contributed by atoms with Gasteiger partial charge in [-0.05, 0) is 26.8 Å². The van der Waals surface area contributed by atoms with Gasteiger partial charge >= 0.3 is 5.97 Å². The summed E-state index contributed by atoms with van der Waals surface area (Å²) in [6.45, 7) is 4.12. The molecule has 0 bridgehead atoms. The van der Waals surface area contributed by atoms with E-state index in [9.17, 15) is 39.6 Å². The first-order chi connectivity index (χ1) is 22.8. The zero-order valence-corrected chi connectivity index (χ0v) is 26.9. The maximum absolute atomic E-state index is 13.9. The number of aliphatic hydroxyl groups excluding tert-OH is 1. The molecular weight excluding hydrogens is 634 g/mol. The summed E-state index contributed by atoms with van der Waals surface area (Å²) in [5.41, 5.74) is 2.06. The molecular formula is C33H39NO14. The van der Waals surface area contributed by atoms with Gasteiger partial charge in [-0.2, -0.15) is 0 Å². The number of Topliss-reactive ketones (excluding diaryl/α,β-unsaturated/α-hetero) is 1. The molecule has 2 aromatic rings. The molecule has 2 aromatic carbocycles. The monoisotopic (exact) mass is 673 g/mol. The van der Waals surface area contributed by atoms with Gasteiger partial charge < -0.3 is 54.6 Å². The lowest BCUT2D eigenvalue weighted by molar-refractivity contribution is -0.247. The molecule has 15 heteroatoms. The van der Waals surface area contributed by atoms with Crippen LogP contribution >= 0.6 is 0 Å². The SMILES string of the molecule is CCOC(OCC)C(=O)OCC(=O)[C@]1(O)Cc2c(O)c3c(c(O)c2[C@H](O[C@@H]2C[C@H](N)[C@H](O)[C@H](C)O2)C1)C(=O)c1c(OC)cccc1C3=O. The Balaban J connectivity index is 1.57. The molecule has 1 aliphatic heterocycles. The number of benzene rings is 2. The molecule has 5 rings (SSSR count). The Morgan fingerprint density at radius 1 is 1.06 bits per heavy atom. The lowest BCUT2D eigenvalue weighted by Gasteiger charge is -2.42. The Hall–Kier alpha value is -3.96. The molecule has 1 heterocycles. The van der Waals surface area contributed by atoms with Gasteiger partial charge in [0.15, 0.2) is 18.7 Å². The summed E-state index contributed by atoms with van der Waals surface area (Å²) in [6.07, 6.45) is -7.01. The molecule has 0 unspecified atom stereocenters. The second-order valence-electron chi connectivity index (χ2n) is 11.9. The van der Waals surface area contributed by atoms with Crippen molar-refractivity contribution in [2.24, 2.45) is 5.73 Å². The summed E-state index contributed by atoms with van der Waals surface area (Å²) in [7, 11) is 1.31. The Bertz CT molecular complexity index is 1610. The standard InChI is InChI=1S/C33H39NO14/c1-5-44-32(45-6-2)31(41)46-13-20(35)33(42)11-16-23(19(12-33)48-21-10-17(34)26(36)14(3)47-21)30(40)25-24(28(16)38)27(37)15-8-7-9-18(43-4)22(15)29(25)39/h7-9,14,17,19,21,26,32,36,38,40,42H,5-6,10-13,34H2,1-4H3/t14-,17-,19+,21+,26+,33-/m0/s1. The number of carbonyl (C=O) groups excluding carboxylic acids is 4. The van der Waals surface area contributed by atoms with Crippen LogP contribution in [0, 0.1) is 0 Å². The van der Waals surface area contributed by atoms with Crippen molar-refractivity contribution in [2.45, 2.75) is 82.6 Å². The third-order valence-electron chi connectivity index (χ3n) is 8.84. The van der Waals surface area contributed by atoms with Gasteiger partial charge in [0.05, 0.1) is 42.1 Å². The Kier molecular flexibility index (Phi) is 10.2. The van der Waals surface area contributed by atoms with Crippen molar-refractivity contribution in [2.75, 3.05) is 26.9 Å². The van der Waals surface area contributed by atoms with E-state index in [2.05, 4.69) is 0 Å². The fourth-order valence-corrected chi connectivity index (χ4v) is 6.43. The first-order valence-corrected chi connectivity index (χ1v) is 15.5. The van der Waals surface area contributed by atoms with Crippen LogP contribution in [0.5, 0.6) is 17.2 Å². The summed E-state index contributed by atoms with van der Waals surface area (Å²) in [5, 5.41) is 45.4. The third kappa shape index (κ3) is 6.18. The zero-order valence-electron chi connectivity index (χ0n) is 26.9. The van der Waals surface area contributed by atoms with Gasteiger partial charge in [0.25, 0.3) is 6.29 Å². The highest BCUT2D eigenvalue weighted by atomic mass is 16.7. The van der Waals surface area contributed by atoms with Crippen molar-refractivity contribution in [1.82, 2.24) is 0 Å². The minimum atomic E-state index is -2.38. The molecule has 0 aromatic heterocycles. The second-order valence-corrected chi connectivity index (χ2v) is 11.9. The van der Waals surface area contributed by atoms with Gasteiger partial charge in [0, 0.05) is 55.2 Å². The number of aromatic hydroxyl groups is 2. The van der Waals surface area contributed by atoms with E-state index >= 15 is 0 Å². The molecule has 2 aliphatic carbocycles. The highest BCUT2D eigenvalue weighted by molar-refractivity contribution is 6.31. The van der Waals surface area contributed by atoms with Crippen molar-refractivity contribution in [3.63, 3.8) is 0 Å². The van der Waals surface area contributed by atoms with Crippen molar-refractivity contribution in [3.8, 4) is 17.2 Å². The number of hydrogen-bond donors (Lipinski definition) is 5. The fraction of sp³-hybridized carbons (Fsp3) is 0.515. The molecule has 15 nitrogen and oxygen atoms in total. The molecule has 0 radical (unpaired) electrons. The summed E-state index contributed by atoms with van der Waals surface area (Å²) in [5.74, 6) is -5.00. The predicted octanol–water partition coefficient (Wildman–Crippen LogP) is 0.951. The number of carbonyl (C=O) groups is 4. The number of methoxy groups -OCH3 is 1. The molecule has 0 saturated carbocycles. The van der Waals surface area contributed by atoms with Crippen molar-refractivity contribution in [1.29, 1.82) is 0 Å². The normalized spacial score (nSPS) is 26.5. The van der Waals surface area contributed by atoms with E-state index in [1.54, 1.807) is 20.8 Å². The minimum absolute atomic E-state index is 0.0305. The van der Waals surface area contributed by atoms with Crippen LogP contribution in [0.15, 0.2) is 18.2 Å². The van der Waals surface area contributed by atoms with E-state index in [1.165, 1.54) is 25.3 Å². The molecule has 6 N–H and O–H groups in total. The van der Waals surface area contributed by atoms with E-state index in [0.717, 1.165) is 0 Å². The van der Waals surface area contributed by atoms with Gasteiger partial charge in [0.2, 0.25) is 11.6 Å². The number of phenols is 2. The third-order valence-corrected chi connectivity index (χ3v) is 8.84. The molecule has 0 spiro atoms. The van der Waals surface area contributed by atoms with Gasteiger partial charge in [0.1, 0.15) is 22.8 Å². The van der Waals surface area contributed by atoms with Crippen LogP contribution in [0.4, 0.5) is 0 Å². The number of esters is 1. The Labute approximate surface area is 275 Å². The number of nitrogens with two attached hydrogens (primary N) is 1. The maximum atomic E-state index is 13.9. The molecule has 1 saturated heterocycles. The van der Waals surface area contributed by atoms with Crippen LogP contribution in [0.2, 0.25) is 0 Å². The predicted molar refractivity (Wildman–Crippen MR) is 163 cm³/mol. The number of ketones is 3. The quantitative estimate of drug-likeness (QED) is 0.108. The Morgan fingerprint density at radius 3 is 2.35 bits per heavy atom. The van der Waals surface area contributed by atoms with Gasteiger partial charge in [-0.25, -0.2) is 4.79 Å². The van der Waals surface area contributed by atoms with Crippen molar-refractivity contribution < 1.29 is 68.0 Å². The van der Waals surface area contributed by atoms with Crippen LogP contribution in [-0.4, -0.2) is 107 Å². The van der Waals surface area contributed by atoms with Crippen LogP contribution in [0.1, 0.15) is 82.7 Å². The van der Waals surface area contributed by atoms with Crippen LogP contribution in [0.3, 0.4) is 0 Å². The Morgan fingerprint density at radius 2 is 1.73 bits per heavy atom. The van der Waals surface area contributed by atoms with E-state index in [-0.39, 0.29) is 47.6 Å². The average molecular weight is 674 g/mol. The average Bonchev–Trinajstić information content (AvgIpc) is 3.05. The van der Waals surface area contributed by atoms with Gasteiger partial charge in [-0.15, -0.1) is 0 Å². The van der Waals surface area contributed by atoms with Crippen LogP contribution in [0.25, 0.3) is 0 Å². The summed E-state index contributed by atoms with van der Waals surface area (Å²) >= 11 is 0. The minimum Gasteiger partial charge on any atom is -0.507 e. The van der Waals surface area contributed by atoms with Crippen molar-refractivity contribution in [3.05, 3.63) is 51.6 Å². The van der Waals surface area contributed by atoms with E-state index < -0.39 is 108 Å². The fourth-order valence-electron chi connectivity index (χ4n) is 6.43. The van der Waals surface area contributed by atoms with E-state index in [0.29, 0.717) is 0 Å². The van der Waals surface area contributed by atoms with E-state index in [1.807, 2.05) is 0 Å². The molecule has 6 atom stereocenters. The smallest absolute Gasteiger partial charge is 0.363 e. The second kappa shape index (κ2) is 13.9. The summed E-state index contributed by atoms with van der Waals surface area (Å²) in [4.78, 5) is 53.7. The lowest BCUT2D eigenvalue weighted by Crippen LogP contribution is -2.53. The molecule has 0 amide bonds. The molecule has 1 fully saturated rings. The summed E-state index contributed by atoms with van der Waals surface area (Å²) in [6, 6.07) is 3.55.